The lowest BCUT2D eigenvalue weighted by atomic mass is 9.98. The molecule has 0 aliphatic carbocycles. The zero-order chi connectivity index (χ0) is 16.9. The number of nitrogens with zero attached hydrogens (tertiary/aromatic N) is 2. The topological polar surface area (TPSA) is 49.7 Å². The molecule has 3 rings (SSSR count). The van der Waals surface area contributed by atoms with Crippen molar-refractivity contribution in [3.8, 4) is 0 Å². The Balaban J connectivity index is 1.72. The SMILES string of the molecule is C=NC(=O)[C@@H]1CCCCN1C(=O)CCc1cccc2ccccc12. The molecule has 4 nitrogen and oxygen atoms in total. The normalized spacial score (nSPS) is 17.7. The monoisotopic (exact) mass is 322 g/mol. The number of benzene rings is 2. The summed E-state index contributed by atoms with van der Waals surface area (Å²) in [6.45, 7) is 3.96. The molecule has 1 atom stereocenters. The van der Waals surface area contributed by atoms with Gasteiger partial charge in [-0.15, -0.1) is 0 Å². The van der Waals surface area contributed by atoms with Gasteiger partial charge in [0, 0.05) is 13.0 Å². The summed E-state index contributed by atoms with van der Waals surface area (Å²) in [4.78, 5) is 29.8. The molecule has 0 aromatic heterocycles. The van der Waals surface area contributed by atoms with Gasteiger partial charge in [0.15, 0.2) is 0 Å². The van der Waals surface area contributed by atoms with E-state index < -0.39 is 6.04 Å². The Kier molecular flexibility index (Phi) is 5.04. The zero-order valence-electron chi connectivity index (χ0n) is 13.8. The number of piperidine rings is 1. The van der Waals surface area contributed by atoms with Gasteiger partial charge in [0.25, 0.3) is 5.91 Å². The Morgan fingerprint density at radius 2 is 1.92 bits per heavy atom. The van der Waals surface area contributed by atoms with E-state index in [2.05, 4.69) is 36.0 Å². The molecule has 1 fully saturated rings. The molecule has 1 aliphatic heterocycles. The van der Waals surface area contributed by atoms with Crippen LogP contribution in [0.3, 0.4) is 0 Å². The lowest BCUT2D eigenvalue weighted by Crippen LogP contribution is -2.47. The minimum atomic E-state index is -0.420. The fourth-order valence-electron chi connectivity index (χ4n) is 3.49. The number of likely N-dealkylation sites (tertiary alicyclic amines) is 1. The fourth-order valence-corrected chi connectivity index (χ4v) is 3.49. The van der Waals surface area contributed by atoms with Crippen LogP contribution in [0.15, 0.2) is 47.5 Å². The molecule has 1 heterocycles. The van der Waals surface area contributed by atoms with E-state index in [0.29, 0.717) is 25.8 Å². The molecule has 124 valence electrons. The summed E-state index contributed by atoms with van der Waals surface area (Å²) < 4.78 is 0. The Labute approximate surface area is 142 Å². The quantitative estimate of drug-likeness (QED) is 0.810. The molecule has 0 spiro atoms. The van der Waals surface area contributed by atoms with Crippen LogP contribution >= 0.6 is 0 Å². The number of rotatable bonds is 4. The molecule has 1 aliphatic rings. The van der Waals surface area contributed by atoms with E-state index in [4.69, 9.17) is 0 Å². The Bertz CT molecular complexity index is 764. The Morgan fingerprint density at radius 3 is 2.75 bits per heavy atom. The highest BCUT2D eigenvalue weighted by atomic mass is 16.2. The smallest absolute Gasteiger partial charge is 0.267 e. The van der Waals surface area contributed by atoms with Gasteiger partial charge in [-0.25, -0.2) is 4.99 Å². The molecule has 0 saturated carbocycles. The number of hydrogen-bond donors (Lipinski definition) is 0. The van der Waals surface area contributed by atoms with E-state index in [1.807, 2.05) is 18.2 Å². The van der Waals surface area contributed by atoms with Gasteiger partial charge in [-0.1, -0.05) is 42.5 Å². The summed E-state index contributed by atoms with van der Waals surface area (Å²) in [6.07, 6.45) is 3.69. The van der Waals surface area contributed by atoms with Gasteiger partial charge in [0.2, 0.25) is 5.91 Å². The third-order valence-electron chi connectivity index (χ3n) is 4.75. The highest BCUT2D eigenvalue weighted by Crippen LogP contribution is 2.22. The second-order valence-corrected chi connectivity index (χ2v) is 6.23. The number of fused-ring (bicyclic) bond motifs is 1. The number of carbonyl (C=O) groups is 2. The first kappa shape index (κ1) is 16.4. The second-order valence-electron chi connectivity index (χ2n) is 6.23. The molecule has 2 aromatic carbocycles. The van der Waals surface area contributed by atoms with Crippen molar-refractivity contribution in [2.45, 2.75) is 38.1 Å². The maximum atomic E-state index is 12.6. The Hall–Kier alpha value is -2.49. The molecule has 24 heavy (non-hydrogen) atoms. The van der Waals surface area contributed by atoms with Crippen molar-refractivity contribution in [3.63, 3.8) is 0 Å². The average molecular weight is 322 g/mol. The zero-order valence-corrected chi connectivity index (χ0v) is 13.8. The Morgan fingerprint density at radius 1 is 1.12 bits per heavy atom. The van der Waals surface area contributed by atoms with Crippen LogP contribution in [0.25, 0.3) is 10.8 Å². The van der Waals surface area contributed by atoms with Gasteiger partial charge >= 0.3 is 0 Å². The first-order valence-corrected chi connectivity index (χ1v) is 8.47. The molecule has 0 radical (unpaired) electrons. The van der Waals surface area contributed by atoms with E-state index >= 15 is 0 Å². The lowest BCUT2D eigenvalue weighted by molar-refractivity contribution is -0.140. The van der Waals surface area contributed by atoms with Crippen molar-refractivity contribution in [2.75, 3.05) is 6.54 Å². The van der Waals surface area contributed by atoms with Crippen LogP contribution in [0.5, 0.6) is 0 Å². The van der Waals surface area contributed by atoms with Crippen LogP contribution in [0, 0.1) is 0 Å². The van der Waals surface area contributed by atoms with E-state index in [9.17, 15) is 9.59 Å². The number of carbonyl (C=O) groups excluding carboxylic acids is 2. The van der Waals surface area contributed by atoms with Crippen molar-refractivity contribution in [2.24, 2.45) is 4.99 Å². The van der Waals surface area contributed by atoms with Crippen LogP contribution in [0.2, 0.25) is 0 Å². The van der Waals surface area contributed by atoms with Crippen LogP contribution in [-0.4, -0.2) is 36.0 Å². The fraction of sp³-hybridized carbons (Fsp3) is 0.350. The molecule has 2 amide bonds. The van der Waals surface area contributed by atoms with Gasteiger partial charge in [-0.2, -0.15) is 0 Å². The largest absolute Gasteiger partial charge is 0.331 e. The minimum Gasteiger partial charge on any atom is -0.331 e. The van der Waals surface area contributed by atoms with E-state index in [1.165, 1.54) is 16.3 Å². The van der Waals surface area contributed by atoms with Crippen molar-refractivity contribution < 1.29 is 9.59 Å². The van der Waals surface area contributed by atoms with Gasteiger partial charge in [0.1, 0.15) is 6.04 Å². The maximum absolute atomic E-state index is 12.6. The third kappa shape index (κ3) is 3.37. The van der Waals surface area contributed by atoms with Gasteiger partial charge < -0.3 is 4.90 Å². The number of hydrogen-bond acceptors (Lipinski definition) is 2. The van der Waals surface area contributed by atoms with Crippen molar-refractivity contribution in [1.29, 1.82) is 0 Å². The molecule has 1 saturated heterocycles. The van der Waals surface area contributed by atoms with Crippen LogP contribution < -0.4 is 0 Å². The highest BCUT2D eigenvalue weighted by molar-refractivity contribution is 5.91. The van der Waals surface area contributed by atoms with Crippen LogP contribution in [-0.2, 0) is 16.0 Å². The standard InChI is InChI=1S/C20H22N2O2/c1-21-20(24)18-11-4-5-14-22(18)19(23)13-12-16-9-6-8-15-7-2-3-10-17(15)16/h2-3,6-10,18H,1,4-5,11-14H2/t18-/m0/s1. The van der Waals surface area contributed by atoms with Gasteiger partial charge in [-0.05, 0) is 48.7 Å². The molecule has 2 aromatic rings. The molecule has 4 heteroatoms. The molecule has 0 unspecified atom stereocenters. The molecular weight excluding hydrogens is 300 g/mol. The summed E-state index contributed by atoms with van der Waals surface area (Å²) in [5.74, 6) is -0.252. The number of amides is 2. The maximum Gasteiger partial charge on any atom is 0.267 e. The van der Waals surface area contributed by atoms with Crippen LogP contribution in [0.4, 0.5) is 0 Å². The first-order valence-electron chi connectivity index (χ1n) is 8.47. The third-order valence-corrected chi connectivity index (χ3v) is 4.75. The highest BCUT2D eigenvalue weighted by Gasteiger charge is 2.31. The van der Waals surface area contributed by atoms with Crippen LogP contribution in [0.1, 0.15) is 31.2 Å². The summed E-state index contributed by atoms with van der Waals surface area (Å²) in [7, 11) is 0. The van der Waals surface area contributed by atoms with E-state index in [1.54, 1.807) is 4.90 Å². The summed E-state index contributed by atoms with van der Waals surface area (Å²) in [6, 6.07) is 14.0. The summed E-state index contributed by atoms with van der Waals surface area (Å²) in [5.41, 5.74) is 1.17. The van der Waals surface area contributed by atoms with E-state index in [-0.39, 0.29) is 11.8 Å². The van der Waals surface area contributed by atoms with Crippen molar-refractivity contribution in [3.05, 3.63) is 48.0 Å². The molecule has 0 N–H and O–H groups in total. The molecular formula is C20H22N2O2. The van der Waals surface area contributed by atoms with Gasteiger partial charge in [0.05, 0.1) is 0 Å². The second kappa shape index (κ2) is 7.39. The minimum absolute atomic E-state index is 0.0321. The predicted molar refractivity (Wildman–Crippen MR) is 96.2 cm³/mol. The predicted octanol–water partition coefficient (Wildman–Crippen LogP) is 3.38. The van der Waals surface area contributed by atoms with Crippen molar-refractivity contribution >= 4 is 29.3 Å². The van der Waals surface area contributed by atoms with Gasteiger partial charge in [-0.3, -0.25) is 9.59 Å². The molecule has 0 bridgehead atoms. The number of aliphatic imine (C=N–C) groups is 1. The lowest BCUT2D eigenvalue weighted by Gasteiger charge is -2.33. The first-order chi connectivity index (χ1) is 11.7. The van der Waals surface area contributed by atoms with Crippen molar-refractivity contribution in [1.82, 2.24) is 4.90 Å². The summed E-state index contributed by atoms with van der Waals surface area (Å²) >= 11 is 0. The summed E-state index contributed by atoms with van der Waals surface area (Å²) in [5, 5.41) is 2.37. The van der Waals surface area contributed by atoms with E-state index in [0.717, 1.165) is 12.8 Å². The number of aryl methyl sites for hydroxylation is 1. The average Bonchev–Trinajstić information content (AvgIpc) is 2.65.